The fourth-order valence-electron chi connectivity index (χ4n) is 1.40. The van der Waals surface area contributed by atoms with Gasteiger partial charge in [0.05, 0.1) is 0 Å². The molecule has 0 amide bonds. The molecule has 3 N–H and O–H groups in total. The van der Waals surface area contributed by atoms with Crippen molar-refractivity contribution in [3.8, 4) is 23.0 Å². The summed E-state index contributed by atoms with van der Waals surface area (Å²) in [6.07, 6.45) is 0. The smallest absolute Gasteiger partial charge is 0.161 e. The Labute approximate surface area is 98.3 Å². The maximum Gasteiger partial charge on any atom is 0.161 e. The van der Waals surface area contributed by atoms with Crippen molar-refractivity contribution in [2.45, 2.75) is 6.61 Å². The number of aromatic hydroxyl groups is 3. The van der Waals surface area contributed by atoms with Crippen molar-refractivity contribution >= 4 is 0 Å². The van der Waals surface area contributed by atoms with Gasteiger partial charge in [0.25, 0.3) is 0 Å². The van der Waals surface area contributed by atoms with Gasteiger partial charge in [0.2, 0.25) is 0 Å². The zero-order valence-corrected chi connectivity index (χ0v) is 9.00. The van der Waals surface area contributed by atoms with Crippen molar-refractivity contribution in [1.29, 1.82) is 0 Å². The summed E-state index contributed by atoms with van der Waals surface area (Å²) in [5.74, 6) is 0.0789. The van der Waals surface area contributed by atoms with Crippen LogP contribution in [0.3, 0.4) is 0 Å². The molecule has 0 aliphatic carbocycles. The van der Waals surface area contributed by atoms with E-state index in [9.17, 15) is 10.2 Å². The molecule has 4 nitrogen and oxygen atoms in total. The van der Waals surface area contributed by atoms with Gasteiger partial charge in [-0.3, -0.25) is 0 Å². The molecule has 4 heteroatoms. The van der Waals surface area contributed by atoms with Crippen LogP contribution in [0.5, 0.6) is 23.0 Å². The molecule has 0 bridgehead atoms. The molecule has 0 spiro atoms. The van der Waals surface area contributed by atoms with Gasteiger partial charge in [-0.05, 0) is 29.8 Å². The second-order valence-electron chi connectivity index (χ2n) is 3.58. The van der Waals surface area contributed by atoms with Crippen LogP contribution in [0.1, 0.15) is 5.56 Å². The molecule has 2 aromatic carbocycles. The summed E-state index contributed by atoms with van der Waals surface area (Å²) >= 11 is 0. The van der Waals surface area contributed by atoms with Gasteiger partial charge in [0, 0.05) is 0 Å². The average Bonchev–Trinajstić information content (AvgIpc) is 2.32. The average molecular weight is 232 g/mol. The van der Waals surface area contributed by atoms with Crippen LogP contribution in [-0.4, -0.2) is 15.3 Å². The minimum Gasteiger partial charge on any atom is -0.504 e. The third-order valence-electron chi connectivity index (χ3n) is 2.30. The van der Waals surface area contributed by atoms with Crippen LogP contribution in [0.4, 0.5) is 0 Å². The molecule has 88 valence electrons. The maximum atomic E-state index is 9.47. The van der Waals surface area contributed by atoms with E-state index in [2.05, 4.69) is 0 Å². The van der Waals surface area contributed by atoms with Crippen LogP contribution >= 0.6 is 0 Å². The fraction of sp³-hybridized carbons (Fsp3) is 0.0769. The first-order valence-corrected chi connectivity index (χ1v) is 5.08. The predicted octanol–water partition coefficient (Wildman–Crippen LogP) is 2.38. The van der Waals surface area contributed by atoms with Gasteiger partial charge in [-0.25, -0.2) is 0 Å². The zero-order chi connectivity index (χ0) is 12.3. The Kier molecular flexibility index (Phi) is 3.05. The van der Waals surface area contributed by atoms with E-state index in [4.69, 9.17) is 9.84 Å². The summed E-state index contributed by atoms with van der Waals surface area (Å²) in [6.45, 7) is 0.200. The lowest BCUT2D eigenvalue weighted by molar-refractivity contribution is 0.288. The standard InChI is InChI=1S/C13H12O4/c14-10-6-5-9(7-12(10)16)8-17-13-4-2-1-3-11(13)15/h1-7,14-16H,8H2. The highest BCUT2D eigenvalue weighted by molar-refractivity contribution is 5.41. The number of para-hydroxylation sites is 2. The Hall–Kier alpha value is -2.36. The summed E-state index contributed by atoms with van der Waals surface area (Å²) in [6, 6.07) is 11.1. The Morgan fingerprint density at radius 3 is 2.29 bits per heavy atom. The molecule has 0 saturated heterocycles. The molecule has 2 aromatic rings. The van der Waals surface area contributed by atoms with E-state index in [1.54, 1.807) is 24.3 Å². The van der Waals surface area contributed by atoms with Crippen molar-refractivity contribution in [1.82, 2.24) is 0 Å². The third-order valence-corrected chi connectivity index (χ3v) is 2.30. The minimum absolute atomic E-state index is 0.0653. The zero-order valence-electron chi connectivity index (χ0n) is 9.00. The van der Waals surface area contributed by atoms with E-state index in [-0.39, 0.29) is 23.9 Å². The lowest BCUT2D eigenvalue weighted by atomic mass is 10.2. The van der Waals surface area contributed by atoms with Crippen LogP contribution in [0.2, 0.25) is 0 Å². The van der Waals surface area contributed by atoms with Crippen LogP contribution in [0.15, 0.2) is 42.5 Å². The third kappa shape index (κ3) is 2.60. The van der Waals surface area contributed by atoms with Crippen molar-refractivity contribution in [2.75, 3.05) is 0 Å². The van der Waals surface area contributed by atoms with Crippen molar-refractivity contribution in [3.63, 3.8) is 0 Å². The summed E-state index contributed by atoms with van der Waals surface area (Å²) in [7, 11) is 0. The van der Waals surface area contributed by atoms with E-state index in [1.165, 1.54) is 18.2 Å². The van der Waals surface area contributed by atoms with Gasteiger partial charge in [-0.1, -0.05) is 18.2 Å². The Morgan fingerprint density at radius 1 is 0.824 bits per heavy atom. The molecule has 0 fully saturated rings. The number of benzene rings is 2. The monoisotopic (exact) mass is 232 g/mol. The van der Waals surface area contributed by atoms with E-state index in [1.807, 2.05) is 0 Å². The van der Waals surface area contributed by atoms with Gasteiger partial charge in [0.1, 0.15) is 6.61 Å². The summed E-state index contributed by atoms with van der Waals surface area (Å²) in [4.78, 5) is 0. The minimum atomic E-state index is -0.191. The second-order valence-corrected chi connectivity index (χ2v) is 3.58. The number of hydrogen-bond donors (Lipinski definition) is 3. The quantitative estimate of drug-likeness (QED) is 0.710. The topological polar surface area (TPSA) is 69.9 Å². The Bertz CT molecular complexity index is 523. The van der Waals surface area contributed by atoms with Crippen molar-refractivity contribution in [2.24, 2.45) is 0 Å². The maximum absolute atomic E-state index is 9.47. The highest BCUT2D eigenvalue weighted by atomic mass is 16.5. The number of hydrogen-bond acceptors (Lipinski definition) is 4. The van der Waals surface area contributed by atoms with E-state index < -0.39 is 0 Å². The lowest BCUT2D eigenvalue weighted by Crippen LogP contribution is -1.95. The SMILES string of the molecule is Oc1ccc(COc2ccccc2O)cc1O. The lowest BCUT2D eigenvalue weighted by Gasteiger charge is -2.08. The van der Waals surface area contributed by atoms with Gasteiger partial charge in [-0.15, -0.1) is 0 Å². The highest BCUT2D eigenvalue weighted by Gasteiger charge is 2.03. The van der Waals surface area contributed by atoms with Gasteiger partial charge < -0.3 is 20.1 Å². The van der Waals surface area contributed by atoms with E-state index in [0.717, 1.165) is 0 Å². The molecular formula is C13H12O4. The first-order chi connectivity index (χ1) is 8.16. The highest BCUT2D eigenvalue weighted by Crippen LogP contribution is 2.28. The van der Waals surface area contributed by atoms with Crippen molar-refractivity contribution in [3.05, 3.63) is 48.0 Å². The van der Waals surface area contributed by atoms with E-state index >= 15 is 0 Å². The van der Waals surface area contributed by atoms with E-state index in [0.29, 0.717) is 11.3 Å². The molecular weight excluding hydrogens is 220 g/mol. The molecule has 17 heavy (non-hydrogen) atoms. The summed E-state index contributed by atoms with van der Waals surface area (Å²) in [5.41, 5.74) is 0.698. The fourth-order valence-corrected chi connectivity index (χ4v) is 1.40. The summed E-state index contributed by atoms with van der Waals surface area (Å²) in [5, 5.41) is 27.9. The molecule has 0 saturated carbocycles. The van der Waals surface area contributed by atoms with Gasteiger partial charge in [0.15, 0.2) is 23.0 Å². The number of phenolic OH excluding ortho intramolecular Hbond substituents is 3. The number of ether oxygens (including phenoxy) is 1. The molecule has 0 heterocycles. The predicted molar refractivity (Wildman–Crippen MR) is 62.2 cm³/mol. The van der Waals surface area contributed by atoms with Crippen LogP contribution in [-0.2, 0) is 6.61 Å². The molecule has 0 unspecified atom stereocenters. The molecule has 0 aliphatic heterocycles. The molecule has 0 atom stereocenters. The normalized spacial score (nSPS) is 10.1. The van der Waals surface area contributed by atoms with Gasteiger partial charge in [-0.2, -0.15) is 0 Å². The van der Waals surface area contributed by atoms with Crippen LogP contribution in [0, 0.1) is 0 Å². The van der Waals surface area contributed by atoms with Gasteiger partial charge >= 0.3 is 0 Å². The second kappa shape index (κ2) is 4.65. The molecule has 0 aliphatic rings. The van der Waals surface area contributed by atoms with Crippen molar-refractivity contribution < 1.29 is 20.1 Å². The van der Waals surface area contributed by atoms with Crippen LogP contribution in [0.25, 0.3) is 0 Å². The Balaban J connectivity index is 2.08. The number of phenols is 3. The van der Waals surface area contributed by atoms with Crippen LogP contribution < -0.4 is 4.74 Å². The molecule has 0 aromatic heterocycles. The molecule has 2 rings (SSSR count). The summed E-state index contributed by atoms with van der Waals surface area (Å²) < 4.78 is 5.37. The molecule has 0 radical (unpaired) electrons. The first kappa shape index (κ1) is 11.1. The first-order valence-electron chi connectivity index (χ1n) is 5.08. The largest absolute Gasteiger partial charge is 0.504 e. The number of rotatable bonds is 3. The Morgan fingerprint density at radius 2 is 1.59 bits per heavy atom.